The molecule has 1 saturated heterocycles. The monoisotopic (exact) mass is 414 g/mol. The number of nitrogens with zero attached hydrogens (tertiary/aromatic N) is 1. The van der Waals surface area contributed by atoms with Crippen LogP contribution >= 0.6 is 0 Å². The molecule has 4 N–H and O–H groups in total. The Bertz CT molecular complexity index is 725. The minimum Gasteiger partial charge on any atom is -0.433 e. The highest BCUT2D eigenvalue weighted by molar-refractivity contribution is 5.98. The van der Waals surface area contributed by atoms with Crippen LogP contribution in [-0.4, -0.2) is 57.3 Å². The van der Waals surface area contributed by atoms with Crippen LogP contribution in [0.15, 0.2) is 18.2 Å². The molecule has 0 bridgehead atoms. The number of carbonyl (C=O) groups excluding carboxylic acids is 2. The van der Waals surface area contributed by atoms with Crippen LogP contribution in [0.25, 0.3) is 0 Å². The number of alkyl halides is 2. The number of benzene rings is 1. The first-order chi connectivity index (χ1) is 13.6. The van der Waals surface area contributed by atoms with E-state index in [0.717, 1.165) is 0 Å². The molecule has 0 saturated carbocycles. The molecule has 0 aliphatic carbocycles. The normalized spacial score (nSPS) is 16.1. The fourth-order valence-electron chi connectivity index (χ4n) is 2.72. The summed E-state index contributed by atoms with van der Waals surface area (Å²) in [5.41, 5.74) is 6.09. The molecule has 1 aliphatic heterocycles. The van der Waals surface area contributed by atoms with E-state index in [1.807, 2.05) is 20.8 Å². The van der Waals surface area contributed by atoms with Gasteiger partial charge in [0.2, 0.25) is 5.91 Å². The van der Waals surface area contributed by atoms with Crippen molar-refractivity contribution in [3.63, 3.8) is 0 Å². The largest absolute Gasteiger partial charge is 0.433 e. The van der Waals surface area contributed by atoms with Gasteiger partial charge in [-0.25, -0.2) is 0 Å². The van der Waals surface area contributed by atoms with Crippen LogP contribution in [0.2, 0.25) is 0 Å². The Hall–Kier alpha value is -2.30. The van der Waals surface area contributed by atoms with Gasteiger partial charge in [0.05, 0.1) is 18.3 Å². The lowest BCUT2D eigenvalue weighted by atomic mass is 9.96. The second-order valence-electron chi connectivity index (χ2n) is 7.88. The quantitative estimate of drug-likeness (QED) is 0.596. The molecule has 1 atom stereocenters. The number of anilines is 2. The number of nitrogens with one attached hydrogen (secondary N) is 2. The minimum absolute atomic E-state index is 0.0433. The Morgan fingerprint density at radius 1 is 1.38 bits per heavy atom. The zero-order valence-corrected chi connectivity index (χ0v) is 16.8. The molecule has 0 unspecified atom stereocenters. The van der Waals surface area contributed by atoms with Gasteiger partial charge in [-0.1, -0.05) is 20.8 Å². The molecular formula is C19H28F2N4O4. The minimum atomic E-state index is -3.08. The molecular weight excluding hydrogens is 386 g/mol. The first-order valence-corrected chi connectivity index (χ1v) is 9.32. The molecule has 2 rings (SSSR count). The van der Waals surface area contributed by atoms with Crippen LogP contribution in [-0.2, 0) is 14.3 Å². The molecule has 8 nitrogen and oxygen atoms in total. The van der Waals surface area contributed by atoms with Crippen LogP contribution in [0.1, 0.15) is 20.8 Å². The van der Waals surface area contributed by atoms with Crippen LogP contribution in [0.4, 0.5) is 20.2 Å². The summed E-state index contributed by atoms with van der Waals surface area (Å²) in [5.74, 6) is -0.961. The van der Waals surface area contributed by atoms with Crippen molar-refractivity contribution < 1.29 is 27.8 Å². The van der Waals surface area contributed by atoms with Gasteiger partial charge in [0.15, 0.2) is 5.75 Å². The SMILES string of the molecule is CC(C)(C)CN[C@@H](CN)C(=O)Nc1ccc(N2CCOCC2=O)c(OC(F)F)c1. The van der Waals surface area contributed by atoms with Crippen molar-refractivity contribution in [2.75, 3.05) is 43.1 Å². The van der Waals surface area contributed by atoms with Crippen molar-refractivity contribution >= 4 is 23.2 Å². The highest BCUT2D eigenvalue weighted by Crippen LogP contribution is 2.33. The Morgan fingerprint density at radius 2 is 2.10 bits per heavy atom. The first kappa shape index (κ1) is 23.0. The molecule has 1 aliphatic rings. The molecule has 0 spiro atoms. The molecule has 1 heterocycles. The number of nitrogens with two attached hydrogens (primary N) is 1. The number of hydrogen-bond acceptors (Lipinski definition) is 6. The lowest BCUT2D eigenvalue weighted by molar-refractivity contribution is -0.125. The van der Waals surface area contributed by atoms with Crippen LogP contribution in [0.3, 0.4) is 0 Å². The fourth-order valence-corrected chi connectivity index (χ4v) is 2.72. The summed E-state index contributed by atoms with van der Waals surface area (Å²) in [5, 5.41) is 5.74. The van der Waals surface area contributed by atoms with Crippen molar-refractivity contribution in [1.82, 2.24) is 5.32 Å². The van der Waals surface area contributed by atoms with Gasteiger partial charge in [-0.2, -0.15) is 8.78 Å². The highest BCUT2D eigenvalue weighted by Gasteiger charge is 2.25. The van der Waals surface area contributed by atoms with Crippen molar-refractivity contribution in [3.8, 4) is 5.75 Å². The number of hydrogen-bond donors (Lipinski definition) is 3. The third-order valence-electron chi connectivity index (χ3n) is 4.15. The van der Waals surface area contributed by atoms with Gasteiger partial charge in [-0.05, 0) is 17.5 Å². The van der Waals surface area contributed by atoms with E-state index in [4.69, 9.17) is 10.5 Å². The van der Waals surface area contributed by atoms with Gasteiger partial charge in [0.25, 0.3) is 5.91 Å². The van der Waals surface area contributed by atoms with Crippen molar-refractivity contribution in [3.05, 3.63) is 18.2 Å². The Morgan fingerprint density at radius 3 is 2.69 bits per heavy atom. The summed E-state index contributed by atoms with van der Waals surface area (Å²) in [6.45, 7) is 3.99. The number of amides is 2. The molecule has 10 heteroatoms. The maximum atomic E-state index is 12.9. The molecule has 2 amide bonds. The van der Waals surface area contributed by atoms with E-state index in [1.54, 1.807) is 0 Å². The van der Waals surface area contributed by atoms with Crippen LogP contribution < -0.4 is 26.0 Å². The van der Waals surface area contributed by atoms with E-state index >= 15 is 0 Å². The summed E-state index contributed by atoms with van der Waals surface area (Å²) in [6, 6.07) is 3.59. The maximum Gasteiger partial charge on any atom is 0.387 e. The predicted octanol–water partition coefficient (Wildman–Crippen LogP) is 1.55. The average molecular weight is 414 g/mol. The summed E-state index contributed by atoms with van der Waals surface area (Å²) < 4.78 is 35.4. The number of rotatable bonds is 8. The third kappa shape index (κ3) is 6.91. The Labute approximate surface area is 168 Å². The molecule has 1 aromatic carbocycles. The highest BCUT2D eigenvalue weighted by atomic mass is 19.3. The lowest BCUT2D eigenvalue weighted by Crippen LogP contribution is -2.48. The van der Waals surface area contributed by atoms with Crippen LogP contribution in [0.5, 0.6) is 5.75 Å². The van der Waals surface area contributed by atoms with E-state index in [2.05, 4.69) is 15.4 Å². The zero-order valence-electron chi connectivity index (χ0n) is 16.8. The smallest absolute Gasteiger partial charge is 0.387 e. The van der Waals surface area contributed by atoms with E-state index in [9.17, 15) is 18.4 Å². The molecule has 1 aromatic rings. The van der Waals surface area contributed by atoms with Crippen LogP contribution in [0, 0.1) is 5.41 Å². The van der Waals surface area contributed by atoms with Crippen molar-refractivity contribution in [2.45, 2.75) is 33.4 Å². The van der Waals surface area contributed by atoms with E-state index in [-0.39, 0.29) is 54.7 Å². The average Bonchev–Trinajstić information content (AvgIpc) is 2.62. The van der Waals surface area contributed by atoms with E-state index < -0.39 is 18.6 Å². The van der Waals surface area contributed by atoms with Gasteiger partial charge >= 0.3 is 6.61 Å². The van der Waals surface area contributed by atoms with E-state index in [0.29, 0.717) is 6.54 Å². The standard InChI is InChI=1S/C19H28F2N4O4/c1-19(2,3)11-23-13(9-22)17(27)24-12-4-5-14(15(8-12)29-18(20)21)25-6-7-28-10-16(25)26/h4-5,8,13,18,23H,6-7,9-11,22H2,1-3H3,(H,24,27)/t13-/m0/s1. The van der Waals surface area contributed by atoms with Crippen molar-refractivity contribution in [2.24, 2.45) is 11.1 Å². The van der Waals surface area contributed by atoms with Gasteiger partial charge in [-0.15, -0.1) is 0 Å². The number of halogens is 2. The number of ether oxygens (including phenoxy) is 2. The summed E-state index contributed by atoms with van der Waals surface area (Å²) >= 11 is 0. The summed E-state index contributed by atoms with van der Waals surface area (Å²) in [7, 11) is 0. The fraction of sp³-hybridized carbons (Fsp3) is 0.579. The molecule has 29 heavy (non-hydrogen) atoms. The van der Waals surface area contributed by atoms with Crippen molar-refractivity contribution in [1.29, 1.82) is 0 Å². The van der Waals surface area contributed by atoms with E-state index in [1.165, 1.54) is 23.1 Å². The summed E-state index contributed by atoms with van der Waals surface area (Å²) in [6.07, 6.45) is 0. The molecule has 162 valence electrons. The third-order valence-corrected chi connectivity index (χ3v) is 4.15. The lowest BCUT2D eigenvalue weighted by Gasteiger charge is -2.28. The Balaban J connectivity index is 2.18. The Kier molecular flexibility index (Phi) is 7.88. The first-order valence-electron chi connectivity index (χ1n) is 9.32. The topological polar surface area (TPSA) is 106 Å². The number of carbonyl (C=O) groups is 2. The van der Waals surface area contributed by atoms with Gasteiger partial charge in [0.1, 0.15) is 6.61 Å². The summed E-state index contributed by atoms with van der Waals surface area (Å²) in [4.78, 5) is 25.9. The molecule has 1 fully saturated rings. The number of morpholine rings is 1. The van der Waals surface area contributed by atoms with Gasteiger partial charge < -0.3 is 30.7 Å². The van der Waals surface area contributed by atoms with Gasteiger partial charge in [0, 0.05) is 31.4 Å². The predicted molar refractivity (Wildman–Crippen MR) is 105 cm³/mol. The molecule has 0 aromatic heterocycles. The molecule has 0 radical (unpaired) electrons. The zero-order chi connectivity index (χ0) is 21.6. The van der Waals surface area contributed by atoms with Gasteiger partial charge in [-0.3, -0.25) is 9.59 Å². The maximum absolute atomic E-state index is 12.9. The second-order valence-corrected chi connectivity index (χ2v) is 7.88. The second kappa shape index (κ2) is 9.95.